The zero-order valence-corrected chi connectivity index (χ0v) is 16.1. The second-order valence-corrected chi connectivity index (χ2v) is 7.85. The third kappa shape index (κ3) is 2.79. The number of hydrogen-bond donors (Lipinski definition) is 0. The van der Waals surface area contributed by atoms with Crippen LogP contribution >= 0.6 is 0 Å². The summed E-state index contributed by atoms with van der Waals surface area (Å²) in [5, 5.41) is 17.3. The fourth-order valence-electron chi connectivity index (χ4n) is 4.57. The van der Waals surface area contributed by atoms with Gasteiger partial charge in [-0.2, -0.15) is 4.52 Å². The second kappa shape index (κ2) is 6.30. The fraction of sp³-hybridized carbons (Fsp3) is 0.579. The highest BCUT2D eigenvalue weighted by Crippen LogP contribution is 2.34. The Labute approximate surface area is 158 Å². The van der Waals surface area contributed by atoms with Crippen LogP contribution in [0.4, 0.5) is 5.82 Å². The SMILES string of the molecule is CCc1nnc2ccc(N3CC4CN(Cc5c(C)noc5C)CC4C3)nn12. The van der Waals surface area contributed by atoms with Gasteiger partial charge in [0.05, 0.1) is 5.69 Å². The first-order valence-electron chi connectivity index (χ1n) is 9.72. The molecule has 2 aliphatic heterocycles. The molecule has 8 nitrogen and oxygen atoms in total. The van der Waals surface area contributed by atoms with E-state index in [0.717, 1.165) is 67.9 Å². The third-order valence-corrected chi connectivity index (χ3v) is 6.08. The second-order valence-electron chi connectivity index (χ2n) is 7.85. The average Bonchev–Trinajstić information content (AvgIpc) is 3.40. The Kier molecular flexibility index (Phi) is 3.89. The van der Waals surface area contributed by atoms with E-state index >= 15 is 0 Å². The van der Waals surface area contributed by atoms with Crippen LogP contribution in [0.15, 0.2) is 16.7 Å². The van der Waals surface area contributed by atoms with Crippen LogP contribution in [0.5, 0.6) is 0 Å². The molecule has 5 heterocycles. The van der Waals surface area contributed by atoms with Crippen molar-refractivity contribution < 1.29 is 4.52 Å². The first kappa shape index (κ1) is 16.7. The van der Waals surface area contributed by atoms with Crippen LogP contribution in [0, 0.1) is 25.7 Å². The highest BCUT2D eigenvalue weighted by Gasteiger charge is 2.40. The van der Waals surface area contributed by atoms with Crippen molar-refractivity contribution in [1.29, 1.82) is 0 Å². The number of nitrogens with zero attached hydrogens (tertiary/aromatic N) is 7. The van der Waals surface area contributed by atoms with Gasteiger partial charge in [-0.3, -0.25) is 4.90 Å². The maximum Gasteiger partial charge on any atom is 0.178 e. The lowest BCUT2D eigenvalue weighted by Crippen LogP contribution is -2.29. The van der Waals surface area contributed by atoms with Crippen LogP contribution in [-0.4, -0.2) is 56.0 Å². The smallest absolute Gasteiger partial charge is 0.178 e. The summed E-state index contributed by atoms with van der Waals surface area (Å²) >= 11 is 0. The molecule has 0 aliphatic carbocycles. The van der Waals surface area contributed by atoms with Crippen molar-refractivity contribution in [3.05, 3.63) is 35.0 Å². The van der Waals surface area contributed by atoms with Gasteiger partial charge in [-0.1, -0.05) is 12.1 Å². The number of aryl methyl sites for hydroxylation is 3. The Morgan fingerprint density at radius 2 is 1.85 bits per heavy atom. The molecule has 3 aromatic heterocycles. The standard InChI is InChI=1S/C19H25N7O/c1-4-17-20-21-18-5-6-19(22-26(17)18)25-9-14-7-24(8-15(14)10-25)11-16-12(2)23-27-13(16)3/h5-6,14-15H,4,7-11H2,1-3H3. The van der Waals surface area contributed by atoms with Gasteiger partial charge in [0.25, 0.3) is 0 Å². The Morgan fingerprint density at radius 1 is 1.07 bits per heavy atom. The largest absolute Gasteiger partial charge is 0.361 e. The van der Waals surface area contributed by atoms with E-state index in [0.29, 0.717) is 11.8 Å². The molecule has 0 N–H and O–H groups in total. The van der Waals surface area contributed by atoms with Gasteiger partial charge in [-0.25, -0.2) is 0 Å². The van der Waals surface area contributed by atoms with Gasteiger partial charge in [0, 0.05) is 44.7 Å². The Balaban J connectivity index is 1.28. The van der Waals surface area contributed by atoms with Gasteiger partial charge in [0.15, 0.2) is 11.5 Å². The molecule has 2 saturated heterocycles. The predicted molar refractivity (Wildman–Crippen MR) is 101 cm³/mol. The molecule has 8 heteroatoms. The van der Waals surface area contributed by atoms with Crippen molar-refractivity contribution in [2.24, 2.45) is 11.8 Å². The molecule has 0 bridgehead atoms. The summed E-state index contributed by atoms with van der Waals surface area (Å²) in [6.45, 7) is 11.4. The van der Waals surface area contributed by atoms with Crippen LogP contribution in [0.25, 0.3) is 5.65 Å². The topological polar surface area (TPSA) is 75.6 Å². The molecule has 2 aliphatic rings. The van der Waals surface area contributed by atoms with E-state index in [9.17, 15) is 0 Å². The number of fused-ring (bicyclic) bond motifs is 2. The first-order valence-corrected chi connectivity index (χ1v) is 9.72. The zero-order valence-electron chi connectivity index (χ0n) is 16.1. The van der Waals surface area contributed by atoms with Gasteiger partial charge in [-0.05, 0) is 37.8 Å². The van der Waals surface area contributed by atoms with Crippen LogP contribution in [-0.2, 0) is 13.0 Å². The summed E-state index contributed by atoms with van der Waals surface area (Å²) in [5.74, 6) is 4.27. The van der Waals surface area contributed by atoms with E-state index in [2.05, 4.69) is 38.1 Å². The van der Waals surface area contributed by atoms with Crippen molar-refractivity contribution in [2.45, 2.75) is 33.7 Å². The van der Waals surface area contributed by atoms with E-state index < -0.39 is 0 Å². The van der Waals surface area contributed by atoms with Crippen molar-refractivity contribution in [3.8, 4) is 0 Å². The summed E-state index contributed by atoms with van der Waals surface area (Å²) in [6.07, 6.45) is 0.833. The van der Waals surface area contributed by atoms with Crippen molar-refractivity contribution >= 4 is 11.5 Å². The number of aromatic nitrogens is 5. The van der Waals surface area contributed by atoms with Crippen molar-refractivity contribution in [1.82, 2.24) is 29.9 Å². The van der Waals surface area contributed by atoms with Gasteiger partial charge >= 0.3 is 0 Å². The van der Waals surface area contributed by atoms with Crippen molar-refractivity contribution in [3.63, 3.8) is 0 Å². The minimum Gasteiger partial charge on any atom is -0.361 e. The summed E-state index contributed by atoms with van der Waals surface area (Å²) in [4.78, 5) is 4.96. The lowest BCUT2D eigenvalue weighted by atomic mass is 10.0. The average molecular weight is 367 g/mol. The van der Waals surface area contributed by atoms with Crippen LogP contribution in [0.2, 0.25) is 0 Å². The van der Waals surface area contributed by atoms with E-state index in [1.165, 1.54) is 5.56 Å². The number of rotatable bonds is 4. The number of hydrogen-bond acceptors (Lipinski definition) is 7. The Bertz CT molecular complexity index is 944. The Hall–Kier alpha value is -2.48. The first-order chi connectivity index (χ1) is 13.1. The minimum absolute atomic E-state index is 0.689. The molecular weight excluding hydrogens is 342 g/mol. The summed E-state index contributed by atoms with van der Waals surface area (Å²) in [7, 11) is 0. The maximum atomic E-state index is 5.32. The van der Waals surface area contributed by atoms with Crippen LogP contribution in [0.3, 0.4) is 0 Å². The molecule has 2 fully saturated rings. The molecule has 0 radical (unpaired) electrons. The normalized spacial score (nSPS) is 22.9. The van der Waals surface area contributed by atoms with Crippen LogP contribution in [0.1, 0.15) is 29.8 Å². The van der Waals surface area contributed by atoms with Gasteiger partial charge in [0.1, 0.15) is 11.6 Å². The molecule has 0 saturated carbocycles. The molecular formula is C19H25N7O. The molecule has 5 rings (SSSR count). The van der Waals surface area contributed by atoms with E-state index in [4.69, 9.17) is 9.62 Å². The minimum atomic E-state index is 0.689. The number of likely N-dealkylation sites (tertiary alicyclic amines) is 1. The molecule has 0 amide bonds. The lowest BCUT2D eigenvalue weighted by molar-refractivity contribution is 0.305. The quantitative estimate of drug-likeness (QED) is 0.697. The summed E-state index contributed by atoms with van der Waals surface area (Å²) < 4.78 is 7.20. The molecule has 2 atom stereocenters. The fourth-order valence-corrected chi connectivity index (χ4v) is 4.57. The zero-order chi connectivity index (χ0) is 18.5. The van der Waals surface area contributed by atoms with E-state index in [1.807, 2.05) is 24.4 Å². The summed E-state index contributed by atoms with van der Waals surface area (Å²) in [5.41, 5.74) is 3.09. The molecule has 142 valence electrons. The Morgan fingerprint density at radius 3 is 2.52 bits per heavy atom. The van der Waals surface area contributed by atoms with Crippen molar-refractivity contribution in [2.75, 3.05) is 31.1 Å². The molecule has 27 heavy (non-hydrogen) atoms. The molecule has 2 unspecified atom stereocenters. The van der Waals surface area contributed by atoms with Gasteiger partial charge < -0.3 is 9.42 Å². The highest BCUT2D eigenvalue weighted by molar-refractivity contribution is 5.47. The lowest BCUT2D eigenvalue weighted by Gasteiger charge is -2.22. The third-order valence-electron chi connectivity index (χ3n) is 6.08. The molecule has 0 aromatic carbocycles. The number of anilines is 1. The maximum absolute atomic E-state index is 5.32. The van der Waals surface area contributed by atoms with E-state index in [-0.39, 0.29) is 0 Å². The molecule has 3 aromatic rings. The van der Waals surface area contributed by atoms with Crippen LogP contribution < -0.4 is 4.90 Å². The van der Waals surface area contributed by atoms with Gasteiger partial charge in [0.2, 0.25) is 0 Å². The predicted octanol–water partition coefficient (Wildman–Crippen LogP) is 1.86. The summed E-state index contributed by atoms with van der Waals surface area (Å²) in [6, 6.07) is 4.10. The molecule has 0 spiro atoms. The van der Waals surface area contributed by atoms with E-state index in [1.54, 1.807) is 0 Å². The van der Waals surface area contributed by atoms with Gasteiger partial charge in [-0.15, -0.1) is 15.3 Å². The highest BCUT2D eigenvalue weighted by atomic mass is 16.5. The monoisotopic (exact) mass is 367 g/mol.